The Labute approximate surface area is 147 Å². The zero-order valence-electron chi connectivity index (χ0n) is 16.8. The average Bonchev–Trinajstić information content (AvgIpc) is 2.48. The largest absolute Gasteiger partial charge is 0.389 e. The molecule has 0 aromatic carbocycles. The third kappa shape index (κ3) is 19.5. The molecule has 0 aromatic rings. The first kappa shape index (κ1) is 22.5. The van der Waals surface area contributed by atoms with E-state index in [0.717, 1.165) is 24.8 Å². The van der Waals surface area contributed by atoms with Gasteiger partial charge in [-0.25, -0.2) is 0 Å². The number of rotatable bonds is 17. The van der Waals surface area contributed by atoms with Crippen LogP contribution in [-0.2, 0) is 0 Å². The number of hydrogen-bond donors (Lipinski definition) is 1. The van der Waals surface area contributed by atoms with Crippen LogP contribution in [0.15, 0.2) is 12.3 Å². The van der Waals surface area contributed by atoms with E-state index in [-0.39, 0.29) is 0 Å². The zero-order chi connectivity index (χ0) is 17.3. The lowest BCUT2D eigenvalue weighted by Gasteiger charge is -2.10. The van der Waals surface area contributed by atoms with Crippen molar-refractivity contribution in [2.45, 2.75) is 111 Å². The molecule has 0 atom stereocenters. The van der Waals surface area contributed by atoms with Crippen molar-refractivity contribution in [1.29, 1.82) is 0 Å². The Bertz CT molecular complexity index is 255. The summed E-state index contributed by atoms with van der Waals surface area (Å²) in [5, 5.41) is 3.48. The molecule has 1 nitrogen and oxygen atoms in total. The van der Waals surface area contributed by atoms with Crippen LogP contribution in [0.4, 0.5) is 0 Å². The standard InChI is InChI=1S/C22H45N/c1-20(2)16-13-11-9-7-6-8-10-12-14-18-22(5)23-19-15-17-21(3)4/h20-21,23H,5-19H2,1-4H3. The van der Waals surface area contributed by atoms with Crippen LogP contribution < -0.4 is 5.32 Å². The van der Waals surface area contributed by atoms with E-state index in [0.29, 0.717) is 0 Å². The van der Waals surface area contributed by atoms with Crippen LogP contribution in [0, 0.1) is 11.8 Å². The van der Waals surface area contributed by atoms with Crippen molar-refractivity contribution in [3.63, 3.8) is 0 Å². The van der Waals surface area contributed by atoms with Gasteiger partial charge < -0.3 is 5.32 Å². The minimum atomic E-state index is 0.820. The summed E-state index contributed by atoms with van der Waals surface area (Å²) in [5.74, 6) is 1.70. The summed E-state index contributed by atoms with van der Waals surface area (Å²) in [6.45, 7) is 14.5. The molecule has 0 amide bonds. The topological polar surface area (TPSA) is 12.0 Å². The van der Waals surface area contributed by atoms with E-state index in [1.54, 1.807) is 0 Å². The second-order valence-corrected chi connectivity index (χ2v) is 8.18. The van der Waals surface area contributed by atoms with Crippen LogP contribution in [0.25, 0.3) is 0 Å². The highest BCUT2D eigenvalue weighted by atomic mass is 14.9. The maximum absolute atomic E-state index is 4.15. The van der Waals surface area contributed by atoms with Crippen LogP contribution in [0.5, 0.6) is 0 Å². The van der Waals surface area contributed by atoms with Gasteiger partial charge in [0, 0.05) is 12.2 Å². The lowest BCUT2D eigenvalue weighted by molar-refractivity contribution is 0.505. The van der Waals surface area contributed by atoms with E-state index in [2.05, 4.69) is 39.6 Å². The first-order valence-corrected chi connectivity index (χ1v) is 10.4. The Hall–Kier alpha value is -0.460. The third-order valence-electron chi connectivity index (χ3n) is 4.59. The molecule has 23 heavy (non-hydrogen) atoms. The predicted molar refractivity (Wildman–Crippen MR) is 107 cm³/mol. The van der Waals surface area contributed by atoms with Crippen LogP contribution in [0.2, 0.25) is 0 Å². The van der Waals surface area contributed by atoms with Gasteiger partial charge in [-0.2, -0.15) is 0 Å². The molecule has 0 unspecified atom stereocenters. The summed E-state index contributed by atoms with van der Waals surface area (Å²) < 4.78 is 0. The molecule has 0 rings (SSSR count). The van der Waals surface area contributed by atoms with Crippen molar-refractivity contribution in [2.75, 3.05) is 6.54 Å². The van der Waals surface area contributed by atoms with E-state index in [1.807, 2.05) is 0 Å². The summed E-state index contributed by atoms with van der Waals surface area (Å²) in [6.07, 6.45) is 17.9. The number of nitrogens with one attached hydrogen (secondary N) is 1. The minimum absolute atomic E-state index is 0.820. The van der Waals surface area contributed by atoms with Gasteiger partial charge >= 0.3 is 0 Å². The summed E-state index contributed by atoms with van der Waals surface area (Å²) in [4.78, 5) is 0. The molecule has 0 saturated carbocycles. The van der Waals surface area contributed by atoms with Crippen LogP contribution >= 0.6 is 0 Å². The van der Waals surface area contributed by atoms with E-state index in [1.165, 1.54) is 82.7 Å². The highest BCUT2D eigenvalue weighted by Gasteiger charge is 1.98. The SMILES string of the molecule is C=C(CCCCCCCCCCCC(C)C)NCCCC(C)C. The fourth-order valence-electron chi connectivity index (χ4n) is 2.99. The summed E-state index contributed by atoms with van der Waals surface area (Å²) in [5.41, 5.74) is 1.25. The van der Waals surface area contributed by atoms with E-state index < -0.39 is 0 Å². The molecule has 0 aliphatic heterocycles. The molecule has 138 valence electrons. The van der Waals surface area contributed by atoms with Crippen molar-refractivity contribution in [1.82, 2.24) is 5.32 Å². The van der Waals surface area contributed by atoms with Crippen molar-refractivity contribution < 1.29 is 0 Å². The van der Waals surface area contributed by atoms with E-state index >= 15 is 0 Å². The van der Waals surface area contributed by atoms with Gasteiger partial charge in [0.1, 0.15) is 0 Å². The summed E-state index contributed by atoms with van der Waals surface area (Å²) >= 11 is 0. The molecule has 0 spiro atoms. The Morgan fingerprint density at radius 1 is 0.652 bits per heavy atom. The number of unbranched alkanes of at least 4 members (excludes halogenated alkanes) is 8. The molecule has 1 N–H and O–H groups in total. The van der Waals surface area contributed by atoms with Gasteiger partial charge in [0.05, 0.1) is 0 Å². The van der Waals surface area contributed by atoms with Gasteiger partial charge in [-0.1, -0.05) is 92.1 Å². The third-order valence-corrected chi connectivity index (χ3v) is 4.59. The fraction of sp³-hybridized carbons (Fsp3) is 0.909. The lowest BCUT2D eigenvalue weighted by atomic mass is 10.0. The molecule has 0 aliphatic rings. The predicted octanol–water partition coefficient (Wildman–Crippen LogP) is 7.47. The molecule has 1 heteroatoms. The van der Waals surface area contributed by atoms with Crippen LogP contribution in [0.1, 0.15) is 111 Å². The molecule has 0 heterocycles. The van der Waals surface area contributed by atoms with Gasteiger partial charge in [0.2, 0.25) is 0 Å². The van der Waals surface area contributed by atoms with Gasteiger partial charge in [-0.05, 0) is 37.5 Å². The second kappa shape index (κ2) is 16.4. The van der Waals surface area contributed by atoms with Gasteiger partial charge in [0.25, 0.3) is 0 Å². The Kier molecular flexibility index (Phi) is 16.1. The maximum Gasteiger partial charge on any atom is 0.0143 e. The molecule has 0 bridgehead atoms. The Morgan fingerprint density at radius 3 is 1.61 bits per heavy atom. The summed E-state index contributed by atoms with van der Waals surface area (Å²) in [7, 11) is 0. The maximum atomic E-state index is 4.15. The fourth-order valence-corrected chi connectivity index (χ4v) is 2.99. The quantitative estimate of drug-likeness (QED) is 0.274. The molecular weight excluding hydrogens is 278 g/mol. The first-order chi connectivity index (χ1) is 11.0. The minimum Gasteiger partial charge on any atom is -0.389 e. The first-order valence-electron chi connectivity index (χ1n) is 10.4. The molecule has 0 aromatic heterocycles. The van der Waals surface area contributed by atoms with Gasteiger partial charge in [-0.15, -0.1) is 0 Å². The molecule has 0 radical (unpaired) electrons. The van der Waals surface area contributed by atoms with Gasteiger partial charge in [0.15, 0.2) is 0 Å². The second-order valence-electron chi connectivity index (χ2n) is 8.18. The molecule has 0 saturated heterocycles. The molecule has 0 fully saturated rings. The highest BCUT2D eigenvalue weighted by molar-refractivity contribution is 4.90. The Balaban J connectivity index is 3.16. The van der Waals surface area contributed by atoms with Crippen LogP contribution in [-0.4, -0.2) is 6.54 Å². The highest BCUT2D eigenvalue weighted by Crippen LogP contribution is 2.14. The molecular formula is C22H45N. The number of hydrogen-bond acceptors (Lipinski definition) is 1. The smallest absolute Gasteiger partial charge is 0.0143 e. The monoisotopic (exact) mass is 323 g/mol. The van der Waals surface area contributed by atoms with Crippen LogP contribution in [0.3, 0.4) is 0 Å². The van der Waals surface area contributed by atoms with Crippen molar-refractivity contribution in [3.8, 4) is 0 Å². The normalized spacial score (nSPS) is 11.4. The molecule has 0 aliphatic carbocycles. The zero-order valence-corrected chi connectivity index (χ0v) is 16.8. The lowest BCUT2D eigenvalue weighted by Crippen LogP contribution is -2.14. The van der Waals surface area contributed by atoms with E-state index in [4.69, 9.17) is 0 Å². The average molecular weight is 324 g/mol. The van der Waals surface area contributed by atoms with Gasteiger partial charge in [-0.3, -0.25) is 0 Å². The Morgan fingerprint density at radius 2 is 1.09 bits per heavy atom. The van der Waals surface area contributed by atoms with Crippen molar-refractivity contribution >= 4 is 0 Å². The summed E-state index contributed by atoms with van der Waals surface area (Å²) in [6, 6.07) is 0. The van der Waals surface area contributed by atoms with Crippen molar-refractivity contribution in [2.24, 2.45) is 11.8 Å². The van der Waals surface area contributed by atoms with Crippen molar-refractivity contribution in [3.05, 3.63) is 12.3 Å². The number of allylic oxidation sites excluding steroid dienone is 1. The van der Waals surface area contributed by atoms with E-state index in [9.17, 15) is 0 Å².